The van der Waals surface area contributed by atoms with Crippen LogP contribution < -0.4 is 16.0 Å². The Labute approximate surface area is 104 Å². The molecule has 96 valence electrons. The molecule has 0 aliphatic heterocycles. The molecule has 0 spiro atoms. The quantitative estimate of drug-likeness (QED) is 0.624. The van der Waals surface area contributed by atoms with Gasteiger partial charge in [0.1, 0.15) is 5.75 Å². The van der Waals surface area contributed by atoms with Gasteiger partial charge < -0.3 is 4.74 Å². The van der Waals surface area contributed by atoms with E-state index in [-0.39, 0.29) is 17.6 Å². The lowest BCUT2D eigenvalue weighted by Crippen LogP contribution is -2.36. The van der Waals surface area contributed by atoms with Gasteiger partial charge in [-0.1, -0.05) is 32.9 Å². The van der Waals surface area contributed by atoms with E-state index >= 15 is 0 Å². The molecular weight excluding hydrogens is 212 g/mol. The average Bonchev–Trinajstić information content (AvgIpc) is 2.18. The zero-order chi connectivity index (χ0) is 13.1. The highest BCUT2D eigenvalue weighted by atomic mass is 16.5. The number of hydrogen-bond donors (Lipinski definition) is 2. The fraction of sp³-hybridized carbons (Fsp3) is 0.571. The van der Waals surface area contributed by atoms with Crippen molar-refractivity contribution in [1.29, 1.82) is 0 Å². The van der Waals surface area contributed by atoms with Crippen LogP contribution in [0, 0.1) is 5.41 Å². The second-order valence-electron chi connectivity index (χ2n) is 5.70. The number of benzene rings is 1. The number of rotatable bonds is 4. The first-order valence-electron chi connectivity index (χ1n) is 6.07. The Kier molecular flexibility index (Phi) is 4.54. The maximum absolute atomic E-state index is 5.63. The normalized spacial score (nSPS) is 13.8. The zero-order valence-electron chi connectivity index (χ0n) is 11.4. The first-order chi connectivity index (χ1) is 7.84. The number of hydrogen-bond acceptors (Lipinski definition) is 3. The summed E-state index contributed by atoms with van der Waals surface area (Å²) >= 11 is 0. The van der Waals surface area contributed by atoms with Gasteiger partial charge in [0, 0.05) is 0 Å². The fourth-order valence-electron chi connectivity index (χ4n) is 1.86. The molecule has 0 bridgehead atoms. The van der Waals surface area contributed by atoms with Crippen LogP contribution in [-0.4, -0.2) is 6.10 Å². The Bertz CT molecular complexity index is 338. The van der Waals surface area contributed by atoms with Crippen molar-refractivity contribution in [2.75, 3.05) is 0 Å². The van der Waals surface area contributed by atoms with Crippen LogP contribution in [-0.2, 0) is 0 Å². The van der Waals surface area contributed by atoms with E-state index in [0.717, 1.165) is 5.75 Å². The molecule has 0 aliphatic rings. The summed E-state index contributed by atoms with van der Waals surface area (Å²) in [4.78, 5) is 0. The van der Waals surface area contributed by atoms with Crippen molar-refractivity contribution in [1.82, 2.24) is 5.43 Å². The summed E-state index contributed by atoms with van der Waals surface area (Å²) in [5, 5.41) is 0. The van der Waals surface area contributed by atoms with Gasteiger partial charge in [0.25, 0.3) is 0 Å². The second kappa shape index (κ2) is 5.52. The van der Waals surface area contributed by atoms with E-state index < -0.39 is 0 Å². The summed E-state index contributed by atoms with van der Waals surface area (Å²) in [6.07, 6.45) is 0.201. The Morgan fingerprint density at radius 3 is 2.00 bits per heavy atom. The van der Waals surface area contributed by atoms with Crippen LogP contribution in [0.5, 0.6) is 5.75 Å². The van der Waals surface area contributed by atoms with Gasteiger partial charge in [0.05, 0.1) is 12.1 Å². The topological polar surface area (TPSA) is 47.3 Å². The van der Waals surface area contributed by atoms with E-state index in [1.54, 1.807) is 0 Å². The highest BCUT2D eigenvalue weighted by molar-refractivity contribution is 5.30. The van der Waals surface area contributed by atoms with Crippen LogP contribution in [0.3, 0.4) is 0 Å². The van der Waals surface area contributed by atoms with E-state index in [9.17, 15) is 0 Å². The Balaban J connectivity index is 2.86. The van der Waals surface area contributed by atoms with E-state index in [1.807, 2.05) is 26.0 Å². The van der Waals surface area contributed by atoms with Gasteiger partial charge in [-0.05, 0) is 37.0 Å². The highest BCUT2D eigenvalue weighted by Crippen LogP contribution is 2.32. The molecule has 3 nitrogen and oxygen atoms in total. The van der Waals surface area contributed by atoms with Crippen LogP contribution in [0.2, 0.25) is 0 Å². The van der Waals surface area contributed by atoms with Crippen molar-refractivity contribution in [2.24, 2.45) is 11.3 Å². The van der Waals surface area contributed by atoms with Gasteiger partial charge in [-0.25, -0.2) is 0 Å². The summed E-state index contributed by atoms with van der Waals surface area (Å²) in [6.45, 7) is 10.5. The monoisotopic (exact) mass is 236 g/mol. The van der Waals surface area contributed by atoms with Crippen molar-refractivity contribution < 1.29 is 4.74 Å². The third kappa shape index (κ3) is 4.02. The molecule has 0 amide bonds. The summed E-state index contributed by atoms with van der Waals surface area (Å²) in [5.41, 5.74) is 4.13. The van der Waals surface area contributed by atoms with Gasteiger partial charge in [0.15, 0.2) is 0 Å². The molecule has 0 fully saturated rings. The fourth-order valence-corrected chi connectivity index (χ4v) is 1.86. The van der Waals surface area contributed by atoms with Crippen LogP contribution in [0.4, 0.5) is 0 Å². The maximum atomic E-state index is 5.63. The first-order valence-corrected chi connectivity index (χ1v) is 6.07. The van der Waals surface area contributed by atoms with Gasteiger partial charge in [-0.3, -0.25) is 11.3 Å². The molecule has 0 saturated carbocycles. The smallest absolute Gasteiger partial charge is 0.119 e. The van der Waals surface area contributed by atoms with E-state index in [1.165, 1.54) is 5.56 Å². The molecule has 0 aliphatic carbocycles. The van der Waals surface area contributed by atoms with Gasteiger partial charge in [-0.2, -0.15) is 0 Å². The summed E-state index contributed by atoms with van der Waals surface area (Å²) in [5.74, 6) is 6.53. The van der Waals surface area contributed by atoms with Crippen molar-refractivity contribution in [3.63, 3.8) is 0 Å². The molecule has 17 heavy (non-hydrogen) atoms. The van der Waals surface area contributed by atoms with Gasteiger partial charge in [0.2, 0.25) is 0 Å². The molecule has 0 saturated heterocycles. The molecule has 1 unspecified atom stereocenters. The average molecular weight is 236 g/mol. The van der Waals surface area contributed by atoms with Gasteiger partial charge >= 0.3 is 0 Å². The minimum Gasteiger partial charge on any atom is -0.491 e. The first kappa shape index (κ1) is 14.0. The molecule has 0 aromatic heterocycles. The lowest BCUT2D eigenvalue weighted by molar-refractivity contribution is 0.241. The van der Waals surface area contributed by atoms with Crippen LogP contribution in [0.25, 0.3) is 0 Å². The van der Waals surface area contributed by atoms with E-state index in [2.05, 4.69) is 38.3 Å². The number of ether oxygens (including phenoxy) is 1. The van der Waals surface area contributed by atoms with Crippen molar-refractivity contribution in [3.8, 4) is 5.75 Å². The summed E-state index contributed by atoms with van der Waals surface area (Å²) in [6, 6.07) is 8.24. The van der Waals surface area contributed by atoms with Gasteiger partial charge in [-0.15, -0.1) is 0 Å². The molecular formula is C14H24N2O. The molecule has 0 radical (unpaired) electrons. The van der Waals surface area contributed by atoms with Crippen molar-refractivity contribution in [3.05, 3.63) is 29.8 Å². The van der Waals surface area contributed by atoms with E-state index in [0.29, 0.717) is 0 Å². The molecule has 3 N–H and O–H groups in total. The molecule has 1 atom stereocenters. The van der Waals surface area contributed by atoms with Crippen LogP contribution >= 0.6 is 0 Å². The second-order valence-corrected chi connectivity index (χ2v) is 5.70. The predicted molar refractivity (Wildman–Crippen MR) is 71.7 cm³/mol. The van der Waals surface area contributed by atoms with Crippen LogP contribution in [0.15, 0.2) is 24.3 Å². The third-order valence-electron chi connectivity index (χ3n) is 2.62. The van der Waals surface area contributed by atoms with Crippen molar-refractivity contribution in [2.45, 2.75) is 46.8 Å². The summed E-state index contributed by atoms with van der Waals surface area (Å²) in [7, 11) is 0. The Morgan fingerprint density at radius 1 is 1.12 bits per heavy atom. The Hall–Kier alpha value is -1.06. The zero-order valence-corrected chi connectivity index (χ0v) is 11.4. The standard InChI is InChI=1S/C14H24N2O/c1-10(2)17-12-8-6-11(7-9-12)13(16-15)14(3,4)5/h6-10,13,16H,15H2,1-5H3. The Morgan fingerprint density at radius 2 is 1.65 bits per heavy atom. The van der Waals surface area contributed by atoms with E-state index in [4.69, 9.17) is 10.6 Å². The van der Waals surface area contributed by atoms with Crippen LogP contribution in [0.1, 0.15) is 46.2 Å². The lowest BCUT2D eigenvalue weighted by Gasteiger charge is -2.30. The molecule has 1 aromatic rings. The SMILES string of the molecule is CC(C)Oc1ccc(C(NN)C(C)(C)C)cc1. The molecule has 3 heteroatoms. The largest absolute Gasteiger partial charge is 0.491 e. The predicted octanol–water partition coefficient (Wildman–Crippen LogP) is 3.02. The number of nitrogens with one attached hydrogen (secondary N) is 1. The lowest BCUT2D eigenvalue weighted by atomic mass is 9.83. The summed E-state index contributed by atoms with van der Waals surface area (Å²) < 4.78 is 5.62. The minimum absolute atomic E-state index is 0.0785. The molecule has 1 rings (SSSR count). The number of nitrogens with two attached hydrogens (primary N) is 1. The third-order valence-corrected chi connectivity index (χ3v) is 2.62. The van der Waals surface area contributed by atoms with Crippen molar-refractivity contribution >= 4 is 0 Å². The molecule has 0 heterocycles. The number of hydrazine groups is 1. The highest BCUT2D eigenvalue weighted by Gasteiger charge is 2.24. The molecule has 1 aromatic carbocycles. The minimum atomic E-state index is 0.0785. The maximum Gasteiger partial charge on any atom is 0.119 e.